The smallest absolute Gasteiger partial charge is 0.363 e. The van der Waals surface area contributed by atoms with Gasteiger partial charge in [-0.2, -0.15) is 0 Å². The second kappa shape index (κ2) is 7.53. The minimum Gasteiger partial charge on any atom is -0.496 e. The maximum atomic E-state index is 12.1. The maximum absolute atomic E-state index is 12.1. The van der Waals surface area contributed by atoms with Crippen molar-refractivity contribution in [2.75, 3.05) is 13.7 Å². The van der Waals surface area contributed by atoms with E-state index in [1.54, 1.807) is 31.4 Å². The van der Waals surface area contributed by atoms with Crippen molar-refractivity contribution in [2.24, 2.45) is 4.99 Å². The van der Waals surface area contributed by atoms with Gasteiger partial charge in [0, 0.05) is 5.56 Å². The quantitative estimate of drug-likeness (QED) is 0.556. The van der Waals surface area contributed by atoms with E-state index in [1.165, 1.54) is 0 Å². The summed E-state index contributed by atoms with van der Waals surface area (Å²) in [6, 6.07) is 12.8. The number of rotatable bonds is 5. The Morgan fingerprint density at radius 1 is 1.20 bits per heavy atom. The Bertz CT molecular complexity index is 856. The van der Waals surface area contributed by atoms with Crippen LogP contribution in [0.1, 0.15) is 18.1 Å². The van der Waals surface area contributed by atoms with Gasteiger partial charge in [-0.25, -0.2) is 9.79 Å². The molecule has 1 aliphatic heterocycles. The highest BCUT2D eigenvalue weighted by Crippen LogP contribution is 2.28. The van der Waals surface area contributed by atoms with Crippen molar-refractivity contribution in [1.29, 1.82) is 0 Å². The van der Waals surface area contributed by atoms with Crippen LogP contribution < -0.4 is 9.47 Å². The molecule has 3 rings (SSSR count). The zero-order chi connectivity index (χ0) is 17.8. The molecule has 5 nitrogen and oxygen atoms in total. The van der Waals surface area contributed by atoms with Crippen LogP contribution in [-0.4, -0.2) is 25.6 Å². The number of carbonyl (C=O) groups excluding carboxylic acids is 1. The van der Waals surface area contributed by atoms with Crippen LogP contribution in [-0.2, 0) is 9.53 Å². The van der Waals surface area contributed by atoms with E-state index < -0.39 is 5.97 Å². The molecule has 0 radical (unpaired) electrons. The lowest BCUT2D eigenvalue weighted by Crippen LogP contribution is -2.05. The van der Waals surface area contributed by atoms with E-state index in [2.05, 4.69) is 20.9 Å². The highest BCUT2D eigenvalue weighted by molar-refractivity contribution is 9.10. The van der Waals surface area contributed by atoms with Gasteiger partial charge in [0.05, 0.1) is 18.2 Å². The van der Waals surface area contributed by atoms with Gasteiger partial charge in [0.2, 0.25) is 5.90 Å². The third-order valence-corrected chi connectivity index (χ3v) is 4.13. The van der Waals surface area contributed by atoms with Crippen LogP contribution in [0.2, 0.25) is 0 Å². The Labute approximate surface area is 154 Å². The number of cyclic esters (lactones) is 1. The van der Waals surface area contributed by atoms with Crippen LogP contribution in [0.3, 0.4) is 0 Å². The van der Waals surface area contributed by atoms with Gasteiger partial charge in [0.1, 0.15) is 11.5 Å². The summed E-state index contributed by atoms with van der Waals surface area (Å²) >= 11 is 3.41. The van der Waals surface area contributed by atoms with Crippen LogP contribution in [0.5, 0.6) is 11.5 Å². The van der Waals surface area contributed by atoms with Gasteiger partial charge in [-0.3, -0.25) is 0 Å². The summed E-state index contributed by atoms with van der Waals surface area (Å²) in [6.45, 7) is 2.54. The Kier molecular flexibility index (Phi) is 5.19. The normalized spacial score (nSPS) is 15.1. The molecule has 6 heteroatoms. The molecule has 0 atom stereocenters. The molecule has 0 unspecified atom stereocenters. The van der Waals surface area contributed by atoms with Crippen molar-refractivity contribution >= 4 is 33.9 Å². The first-order chi connectivity index (χ1) is 12.1. The van der Waals surface area contributed by atoms with Crippen LogP contribution >= 0.6 is 15.9 Å². The molecule has 2 aromatic carbocycles. The molecule has 2 aromatic rings. The fourth-order valence-electron chi connectivity index (χ4n) is 2.32. The Morgan fingerprint density at radius 2 is 1.96 bits per heavy atom. The predicted molar refractivity (Wildman–Crippen MR) is 98.9 cm³/mol. The third-order valence-electron chi connectivity index (χ3n) is 3.51. The Balaban J connectivity index is 1.85. The van der Waals surface area contributed by atoms with E-state index in [9.17, 15) is 4.79 Å². The largest absolute Gasteiger partial charge is 0.496 e. The molecule has 0 amide bonds. The summed E-state index contributed by atoms with van der Waals surface area (Å²) in [5.41, 5.74) is 1.79. The van der Waals surface area contributed by atoms with Gasteiger partial charge in [0.25, 0.3) is 0 Å². The lowest BCUT2D eigenvalue weighted by molar-refractivity contribution is -0.129. The minimum atomic E-state index is -0.476. The molecule has 0 fully saturated rings. The molecule has 0 aliphatic carbocycles. The molecule has 1 aliphatic rings. The topological polar surface area (TPSA) is 57.1 Å². The monoisotopic (exact) mass is 401 g/mol. The first-order valence-electron chi connectivity index (χ1n) is 7.70. The number of hydrogen-bond donors (Lipinski definition) is 0. The number of methoxy groups -OCH3 is 1. The summed E-state index contributed by atoms with van der Waals surface area (Å²) < 4.78 is 16.6. The van der Waals surface area contributed by atoms with Gasteiger partial charge < -0.3 is 14.2 Å². The summed E-state index contributed by atoms with van der Waals surface area (Å²) in [7, 11) is 1.59. The SMILES string of the molecule is CCOc1ccc(/C=C2\N=C(c3ccc(OC)c(Br)c3)OC2=O)cc1. The van der Waals surface area contributed by atoms with Crippen LogP contribution in [0.25, 0.3) is 6.08 Å². The van der Waals surface area contributed by atoms with Gasteiger partial charge in [-0.15, -0.1) is 0 Å². The molecule has 0 spiro atoms. The van der Waals surface area contributed by atoms with Crippen molar-refractivity contribution in [3.8, 4) is 11.5 Å². The number of halogens is 1. The Hall–Kier alpha value is -2.60. The number of esters is 1. The molecule has 0 saturated heterocycles. The van der Waals surface area contributed by atoms with Crippen LogP contribution in [0.4, 0.5) is 0 Å². The Morgan fingerprint density at radius 3 is 2.60 bits per heavy atom. The average molecular weight is 402 g/mol. The lowest BCUT2D eigenvalue weighted by Gasteiger charge is -2.05. The van der Waals surface area contributed by atoms with Gasteiger partial charge in [0.15, 0.2) is 5.70 Å². The van der Waals surface area contributed by atoms with E-state index in [4.69, 9.17) is 14.2 Å². The van der Waals surface area contributed by atoms with Gasteiger partial charge in [-0.05, 0) is 64.8 Å². The summed E-state index contributed by atoms with van der Waals surface area (Å²) in [5, 5.41) is 0. The highest BCUT2D eigenvalue weighted by atomic mass is 79.9. The second-order valence-electron chi connectivity index (χ2n) is 5.19. The van der Waals surface area contributed by atoms with Crippen molar-refractivity contribution < 1.29 is 19.0 Å². The van der Waals surface area contributed by atoms with Crippen molar-refractivity contribution in [1.82, 2.24) is 0 Å². The number of nitrogens with zero attached hydrogens (tertiary/aromatic N) is 1. The molecule has 0 bridgehead atoms. The highest BCUT2D eigenvalue weighted by Gasteiger charge is 2.24. The third kappa shape index (κ3) is 3.91. The molecule has 128 valence electrons. The fraction of sp³-hybridized carbons (Fsp3) is 0.158. The molecule has 0 saturated carbocycles. The van der Waals surface area contributed by atoms with Gasteiger partial charge in [-0.1, -0.05) is 12.1 Å². The van der Waals surface area contributed by atoms with Crippen molar-refractivity contribution in [3.05, 3.63) is 63.8 Å². The number of benzene rings is 2. The zero-order valence-corrected chi connectivity index (χ0v) is 15.4. The van der Waals surface area contributed by atoms with Gasteiger partial charge >= 0.3 is 5.97 Å². The number of ether oxygens (including phenoxy) is 3. The second-order valence-corrected chi connectivity index (χ2v) is 6.04. The molecule has 0 aromatic heterocycles. The number of aliphatic imine (C=N–C) groups is 1. The lowest BCUT2D eigenvalue weighted by atomic mass is 10.2. The fourth-order valence-corrected chi connectivity index (χ4v) is 2.86. The van der Waals surface area contributed by atoms with E-state index in [0.717, 1.165) is 15.8 Å². The number of hydrogen-bond acceptors (Lipinski definition) is 5. The average Bonchev–Trinajstić information content (AvgIpc) is 2.97. The summed E-state index contributed by atoms with van der Waals surface area (Å²) in [4.78, 5) is 16.4. The molecule has 0 N–H and O–H groups in total. The standard InChI is InChI=1S/C19H16BrNO4/c1-3-24-14-7-4-12(5-8-14)10-16-19(22)25-18(21-16)13-6-9-17(23-2)15(20)11-13/h4-11H,3H2,1-2H3/b16-10-. The predicted octanol–water partition coefficient (Wildman–Crippen LogP) is 4.20. The number of carbonyl (C=O) groups is 1. The first-order valence-corrected chi connectivity index (χ1v) is 8.49. The molecule has 1 heterocycles. The summed E-state index contributed by atoms with van der Waals surface area (Å²) in [6.07, 6.45) is 1.68. The molecular weight excluding hydrogens is 386 g/mol. The summed E-state index contributed by atoms with van der Waals surface area (Å²) in [5.74, 6) is 1.27. The first kappa shape index (κ1) is 17.2. The van der Waals surface area contributed by atoms with E-state index in [0.29, 0.717) is 17.9 Å². The van der Waals surface area contributed by atoms with E-state index in [1.807, 2.05) is 31.2 Å². The van der Waals surface area contributed by atoms with Crippen molar-refractivity contribution in [3.63, 3.8) is 0 Å². The minimum absolute atomic E-state index is 0.256. The molecular formula is C19H16BrNO4. The van der Waals surface area contributed by atoms with Crippen LogP contribution in [0, 0.1) is 0 Å². The van der Waals surface area contributed by atoms with Crippen molar-refractivity contribution in [2.45, 2.75) is 6.92 Å². The van der Waals surface area contributed by atoms with E-state index >= 15 is 0 Å². The maximum Gasteiger partial charge on any atom is 0.363 e. The van der Waals surface area contributed by atoms with E-state index in [-0.39, 0.29) is 11.6 Å². The van der Waals surface area contributed by atoms with Crippen LogP contribution in [0.15, 0.2) is 57.6 Å². The molecule has 25 heavy (non-hydrogen) atoms. The zero-order valence-electron chi connectivity index (χ0n) is 13.8.